The van der Waals surface area contributed by atoms with Crippen LogP contribution < -0.4 is 4.90 Å². The summed E-state index contributed by atoms with van der Waals surface area (Å²) in [7, 11) is 0. The molecule has 0 aliphatic carbocycles. The molecule has 0 radical (unpaired) electrons. The fraction of sp³-hybridized carbons (Fsp3) is 0.438. The smallest absolute Gasteiger partial charge is 0.368 e. The van der Waals surface area contributed by atoms with Gasteiger partial charge in [0.15, 0.2) is 5.69 Å². The van der Waals surface area contributed by atoms with Gasteiger partial charge in [-0.3, -0.25) is 14.5 Å². The summed E-state index contributed by atoms with van der Waals surface area (Å²) in [6, 6.07) is 3.79. The Morgan fingerprint density at radius 1 is 1.19 bits per heavy atom. The molecule has 0 N–H and O–H groups in total. The first-order valence-electron chi connectivity index (χ1n) is 8.00. The Morgan fingerprint density at radius 3 is 2.35 bits per heavy atom. The molecule has 1 aliphatic rings. The van der Waals surface area contributed by atoms with Crippen molar-refractivity contribution in [2.45, 2.75) is 19.6 Å². The molecule has 140 valence electrons. The summed E-state index contributed by atoms with van der Waals surface area (Å²) in [4.78, 5) is 20.2. The molecule has 1 aliphatic heterocycles. The first-order valence-corrected chi connectivity index (χ1v) is 8.38. The van der Waals surface area contributed by atoms with E-state index in [9.17, 15) is 18.0 Å². The lowest BCUT2D eigenvalue weighted by molar-refractivity contribution is -0.142. The van der Waals surface area contributed by atoms with Gasteiger partial charge in [0.25, 0.3) is 0 Å². The maximum Gasteiger partial charge on any atom is 0.436 e. The van der Waals surface area contributed by atoms with Crippen molar-refractivity contribution in [2.75, 3.05) is 31.1 Å². The number of halogens is 4. The van der Waals surface area contributed by atoms with Crippen LogP contribution in [0.25, 0.3) is 0 Å². The first-order chi connectivity index (χ1) is 12.3. The van der Waals surface area contributed by atoms with Gasteiger partial charge in [-0.15, -0.1) is 0 Å². The number of nitrogens with zero attached hydrogens (tertiary/aromatic N) is 5. The lowest BCUT2D eigenvalue weighted by atomic mass is 10.2. The van der Waals surface area contributed by atoms with Gasteiger partial charge in [-0.1, -0.05) is 11.6 Å². The summed E-state index contributed by atoms with van der Waals surface area (Å²) in [6.45, 7) is 3.41. The van der Waals surface area contributed by atoms with Gasteiger partial charge in [0.05, 0.1) is 10.7 Å². The minimum atomic E-state index is -4.65. The highest BCUT2D eigenvalue weighted by Gasteiger charge is 2.38. The number of pyridine rings is 1. The van der Waals surface area contributed by atoms with Crippen molar-refractivity contribution < 1.29 is 18.0 Å². The van der Waals surface area contributed by atoms with Gasteiger partial charge >= 0.3 is 6.18 Å². The molecule has 0 unspecified atom stereocenters. The van der Waals surface area contributed by atoms with Crippen LogP contribution >= 0.6 is 11.6 Å². The van der Waals surface area contributed by atoms with Crippen LogP contribution in [0.4, 0.5) is 18.9 Å². The number of piperazine rings is 1. The quantitative estimate of drug-likeness (QED) is 0.812. The molecule has 10 heteroatoms. The summed E-state index contributed by atoms with van der Waals surface area (Å²) < 4.78 is 39.6. The van der Waals surface area contributed by atoms with Gasteiger partial charge in [-0.05, 0) is 19.1 Å². The van der Waals surface area contributed by atoms with Gasteiger partial charge in [-0.2, -0.15) is 18.3 Å². The Balaban J connectivity index is 1.63. The van der Waals surface area contributed by atoms with E-state index < -0.39 is 16.9 Å². The second-order valence-corrected chi connectivity index (χ2v) is 6.35. The van der Waals surface area contributed by atoms with Gasteiger partial charge < -0.3 is 9.80 Å². The SMILES string of the molecule is Cc1c(Cl)c(C(F)(F)F)nn1CC(=O)N1CCN(c2ccncc2)CC1. The molecule has 26 heavy (non-hydrogen) atoms. The number of carbonyl (C=O) groups is 1. The van der Waals surface area contributed by atoms with E-state index in [1.165, 1.54) is 6.92 Å². The van der Waals surface area contributed by atoms with Crippen molar-refractivity contribution >= 4 is 23.2 Å². The zero-order chi connectivity index (χ0) is 18.9. The Morgan fingerprint density at radius 2 is 1.81 bits per heavy atom. The Hall–Kier alpha value is -2.29. The minimum Gasteiger partial charge on any atom is -0.368 e. The second-order valence-electron chi connectivity index (χ2n) is 5.98. The average Bonchev–Trinajstić information content (AvgIpc) is 2.91. The topological polar surface area (TPSA) is 54.3 Å². The lowest BCUT2D eigenvalue weighted by Gasteiger charge is -2.36. The zero-order valence-corrected chi connectivity index (χ0v) is 14.8. The van der Waals surface area contributed by atoms with E-state index in [-0.39, 0.29) is 18.1 Å². The third-order valence-electron chi connectivity index (χ3n) is 4.35. The van der Waals surface area contributed by atoms with Crippen molar-refractivity contribution in [1.29, 1.82) is 0 Å². The van der Waals surface area contributed by atoms with Crippen molar-refractivity contribution in [3.05, 3.63) is 40.9 Å². The van der Waals surface area contributed by atoms with Crippen LogP contribution in [0.3, 0.4) is 0 Å². The monoisotopic (exact) mass is 387 g/mol. The highest BCUT2D eigenvalue weighted by Crippen LogP contribution is 2.35. The van der Waals surface area contributed by atoms with Crippen molar-refractivity contribution in [1.82, 2.24) is 19.7 Å². The summed E-state index contributed by atoms with van der Waals surface area (Å²) in [6.07, 6.45) is -1.24. The molecule has 0 atom stereocenters. The van der Waals surface area contributed by atoms with Crippen LogP contribution in [0.15, 0.2) is 24.5 Å². The van der Waals surface area contributed by atoms with Crippen molar-refractivity contribution in [3.63, 3.8) is 0 Å². The van der Waals surface area contributed by atoms with E-state index in [4.69, 9.17) is 11.6 Å². The Kier molecular flexibility index (Phi) is 5.08. The van der Waals surface area contributed by atoms with Gasteiger partial charge in [0, 0.05) is 44.3 Å². The summed E-state index contributed by atoms with van der Waals surface area (Å²) in [5, 5.41) is 3.01. The standard InChI is InChI=1S/C16H17ClF3N5O/c1-11-14(17)15(16(18,19)20)22-25(11)10-13(26)24-8-6-23(7-9-24)12-2-4-21-5-3-12/h2-5H,6-10H2,1H3. The first kappa shape index (κ1) is 18.5. The average molecular weight is 388 g/mol. The third-order valence-corrected chi connectivity index (χ3v) is 4.80. The largest absolute Gasteiger partial charge is 0.436 e. The Labute approximate surface area is 153 Å². The fourth-order valence-corrected chi connectivity index (χ4v) is 3.10. The maximum atomic E-state index is 12.9. The molecule has 1 amide bonds. The molecular formula is C16H17ClF3N5O. The molecule has 0 bridgehead atoms. The number of amides is 1. The molecular weight excluding hydrogens is 371 g/mol. The molecule has 2 aromatic rings. The van der Waals surface area contributed by atoms with Gasteiger partial charge in [0.2, 0.25) is 5.91 Å². The normalized spacial score (nSPS) is 15.4. The summed E-state index contributed by atoms with van der Waals surface area (Å²) >= 11 is 5.71. The summed E-state index contributed by atoms with van der Waals surface area (Å²) in [5.41, 5.74) is -0.00800. The van der Waals surface area contributed by atoms with E-state index in [1.807, 2.05) is 12.1 Å². The molecule has 0 saturated carbocycles. The molecule has 3 heterocycles. The lowest BCUT2D eigenvalue weighted by Crippen LogP contribution is -2.49. The van der Waals surface area contributed by atoms with E-state index in [1.54, 1.807) is 17.3 Å². The Bertz CT molecular complexity index is 785. The fourth-order valence-electron chi connectivity index (χ4n) is 2.86. The van der Waals surface area contributed by atoms with Crippen LogP contribution in [0.1, 0.15) is 11.4 Å². The number of hydrogen-bond donors (Lipinski definition) is 0. The number of rotatable bonds is 3. The van der Waals surface area contributed by atoms with Gasteiger partial charge in [0.1, 0.15) is 6.54 Å². The number of carbonyl (C=O) groups excluding carboxylic acids is 1. The van der Waals surface area contributed by atoms with E-state index >= 15 is 0 Å². The van der Waals surface area contributed by atoms with Gasteiger partial charge in [-0.25, -0.2) is 0 Å². The highest BCUT2D eigenvalue weighted by atomic mass is 35.5. The predicted octanol–water partition coefficient (Wildman–Crippen LogP) is 2.61. The number of anilines is 1. The van der Waals surface area contributed by atoms with E-state index in [2.05, 4.69) is 15.0 Å². The molecule has 2 aromatic heterocycles. The molecule has 3 rings (SSSR count). The summed E-state index contributed by atoms with van der Waals surface area (Å²) in [5.74, 6) is -0.282. The van der Waals surface area contributed by atoms with Crippen LogP contribution in [-0.2, 0) is 17.5 Å². The van der Waals surface area contributed by atoms with Crippen LogP contribution in [0, 0.1) is 6.92 Å². The second kappa shape index (κ2) is 7.14. The number of aromatic nitrogens is 3. The molecule has 0 aromatic carbocycles. The predicted molar refractivity (Wildman–Crippen MR) is 90.0 cm³/mol. The zero-order valence-electron chi connectivity index (χ0n) is 14.0. The number of alkyl halides is 3. The van der Waals surface area contributed by atoms with Crippen molar-refractivity contribution in [3.8, 4) is 0 Å². The molecule has 1 saturated heterocycles. The molecule has 6 nitrogen and oxygen atoms in total. The van der Waals surface area contributed by atoms with Crippen LogP contribution in [0.2, 0.25) is 5.02 Å². The van der Waals surface area contributed by atoms with Crippen molar-refractivity contribution in [2.24, 2.45) is 0 Å². The number of hydrogen-bond acceptors (Lipinski definition) is 4. The minimum absolute atomic E-state index is 0.128. The highest BCUT2D eigenvalue weighted by molar-refractivity contribution is 6.32. The maximum absolute atomic E-state index is 12.9. The molecule has 0 spiro atoms. The van der Waals surface area contributed by atoms with E-state index in [0.717, 1.165) is 10.4 Å². The van der Waals surface area contributed by atoms with E-state index in [0.29, 0.717) is 26.2 Å². The van der Waals surface area contributed by atoms with Crippen LogP contribution in [-0.4, -0.2) is 51.8 Å². The molecule has 1 fully saturated rings. The third kappa shape index (κ3) is 3.77. The van der Waals surface area contributed by atoms with Crippen LogP contribution in [0.5, 0.6) is 0 Å².